The second kappa shape index (κ2) is 4.84. The number of amides is 1. The average Bonchev–Trinajstić information content (AvgIpc) is 2.37. The van der Waals surface area contributed by atoms with E-state index in [0.717, 1.165) is 17.7 Å². The molecule has 17 heavy (non-hydrogen) atoms. The summed E-state index contributed by atoms with van der Waals surface area (Å²) >= 11 is 12.2. The molecule has 0 aliphatic carbocycles. The van der Waals surface area contributed by atoms with Gasteiger partial charge in [-0.3, -0.25) is 4.79 Å². The molecule has 3 nitrogen and oxygen atoms in total. The molecule has 2 rings (SSSR count). The van der Waals surface area contributed by atoms with Gasteiger partial charge in [-0.1, -0.05) is 23.2 Å². The van der Waals surface area contributed by atoms with Crippen LogP contribution in [0.5, 0.6) is 0 Å². The van der Waals surface area contributed by atoms with Gasteiger partial charge in [0.25, 0.3) is 0 Å². The van der Waals surface area contributed by atoms with Gasteiger partial charge in [0.15, 0.2) is 0 Å². The van der Waals surface area contributed by atoms with Crippen molar-refractivity contribution in [1.82, 2.24) is 0 Å². The van der Waals surface area contributed by atoms with Gasteiger partial charge in [-0.05, 0) is 30.5 Å². The van der Waals surface area contributed by atoms with E-state index in [2.05, 4.69) is 0 Å². The molecule has 0 bridgehead atoms. The van der Waals surface area contributed by atoms with Crippen molar-refractivity contribution in [2.45, 2.75) is 25.8 Å². The molecule has 0 aromatic heterocycles. The van der Waals surface area contributed by atoms with Gasteiger partial charge in [0.05, 0.1) is 0 Å². The molecule has 1 aliphatic heterocycles. The number of rotatable bonds is 0. The van der Waals surface area contributed by atoms with E-state index in [9.17, 15) is 4.79 Å². The molecule has 0 fully saturated rings. The predicted octanol–water partition coefficient (Wildman–Crippen LogP) is 2.62. The summed E-state index contributed by atoms with van der Waals surface area (Å²) < 4.78 is 0. The molecular formula is C12H14Cl2N2O. The van der Waals surface area contributed by atoms with E-state index in [1.165, 1.54) is 6.92 Å². The zero-order valence-electron chi connectivity index (χ0n) is 9.54. The fraction of sp³-hybridized carbons (Fsp3) is 0.417. The van der Waals surface area contributed by atoms with E-state index in [1.807, 2.05) is 0 Å². The van der Waals surface area contributed by atoms with E-state index >= 15 is 0 Å². The van der Waals surface area contributed by atoms with Crippen LogP contribution >= 0.6 is 23.2 Å². The second-order valence-corrected chi connectivity index (χ2v) is 5.15. The third-order valence-electron chi connectivity index (χ3n) is 3.00. The van der Waals surface area contributed by atoms with E-state index in [1.54, 1.807) is 17.0 Å². The number of carbonyl (C=O) groups excluding carboxylic acids is 1. The minimum absolute atomic E-state index is 0.0151. The number of nitrogens with zero attached hydrogens (tertiary/aromatic N) is 1. The molecule has 0 radical (unpaired) electrons. The van der Waals surface area contributed by atoms with E-state index in [0.29, 0.717) is 23.0 Å². The molecule has 92 valence electrons. The zero-order chi connectivity index (χ0) is 12.6. The predicted molar refractivity (Wildman–Crippen MR) is 70.8 cm³/mol. The lowest BCUT2D eigenvalue weighted by molar-refractivity contribution is -0.116. The van der Waals surface area contributed by atoms with Crippen molar-refractivity contribution in [3.05, 3.63) is 27.7 Å². The average molecular weight is 273 g/mol. The molecule has 1 amide bonds. The van der Waals surface area contributed by atoms with Gasteiger partial charge in [-0.15, -0.1) is 0 Å². The van der Waals surface area contributed by atoms with Crippen LogP contribution in [0.4, 0.5) is 5.69 Å². The van der Waals surface area contributed by atoms with Gasteiger partial charge in [0, 0.05) is 35.2 Å². The molecule has 0 saturated heterocycles. The third-order valence-corrected chi connectivity index (χ3v) is 3.55. The highest BCUT2D eigenvalue weighted by atomic mass is 35.5. The largest absolute Gasteiger partial charge is 0.327 e. The minimum Gasteiger partial charge on any atom is -0.327 e. The van der Waals surface area contributed by atoms with Crippen LogP contribution in [0.15, 0.2) is 12.1 Å². The highest BCUT2D eigenvalue weighted by Gasteiger charge is 2.24. The first-order valence-electron chi connectivity index (χ1n) is 5.50. The number of benzene rings is 1. The van der Waals surface area contributed by atoms with E-state index < -0.39 is 0 Å². The lowest BCUT2D eigenvalue weighted by Crippen LogP contribution is -2.31. The van der Waals surface area contributed by atoms with Gasteiger partial charge >= 0.3 is 0 Å². The quantitative estimate of drug-likeness (QED) is 0.789. The van der Waals surface area contributed by atoms with Gasteiger partial charge in [0.2, 0.25) is 5.91 Å². The Balaban J connectivity index is 2.56. The van der Waals surface area contributed by atoms with Crippen LogP contribution in [0.3, 0.4) is 0 Å². The number of nitrogens with two attached hydrogens (primary N) is 1. The lowest BCUT2D eigenvalue weighted by Gasteiger charge is -2.21. The molecule has 0 saturated carbocycles. The summed E-state index contributed by atoms with van der Waals surface area (Å²) in [4.78, 5) is 13.3. The SMILES string of the molecule is CC(=O)N1CCC(N)Cc2c(Cl)cc(Cl)cc21. The third kappa shape index (κ3) is 2.57. The van der Waals surface area contributed by atoms with Crippen molar-refractivity contribution in [1.29, 1.82) is 0 Å². The topological polar surface area (TPSA) is 46.3 Å². The number of fused-ring (bicyclic) bond motifs is 1. The summed E-state index contributed by atoms with van der Waals surface area (Å²) in [7, 11) is 0. The Morgan fingerprint density at radius 3 is 2.82 bits per heavy atom. The number of anilines is 1. The minimum atomic E-state index is -0.0151. The highest BCUT2D eigenvalue weighted by Crippen LogP contribution is 2.34. The summed E-state index contributed by atoms with van der Waals surface area (Å²) in [5.74, 6) is -0.0151. The van der Waals surface area contributed by atoms with Crippen LogP contribution in [0.25, 0.3) is 0 Å². The first-order chi connectivity index (χ1) is 7.99. The molecular weight excluding hydrogens is 259 g/mol. The molecule has 2 N–H and O–H groups in total. The van der Waals surface area contributed by atoms with Crippen LogP contribution in [0, 0.1) is 0 Å². The standard InChI is InChI=1S/C12H14Cl2N2O/c1-7(17)16-3-2-9(15)6-10-11(14)4-8(13)5-12(10)16/h4-5,9H,2-3,6,15H2,1H3. The van der Waals surface area contributed by atoms with E-state index in [4.69, 9.17) is 28.9 Å². The maximum absolute atomic E-state index is 11.6. The van der Waals surface area contributed by atoms with Crippen LogP contribution in [0.2, 0.25) is 10.0 Å². The molecule has 1 unspecified atom stereocenters. The maximum Gasteiger partial charge on any atom is 0.223 e. The van der Waals surface area contributed by atoms with Gasteiger partial charge in [-0.25, -0.2) is 0 Å². The van der Waals surface area contributed by atoms with Crippen molar-refractivity contribution in [3.63, 3.8) is 0 Å². The van der Waals surface area contributed by atoms with Gasteiger partial charge < -0.3 is 10.6 Å². The number of hydrogen-bond donors (Lipinski definition) is 1. The zero-order valence-corrected chi connectivity index (χ0v) is 11.1. The Kier molecular flexibility index (Phi) is 3.61. The smallest absolute Gasteiger partial charge is 0.223 e. The number of carbonyl (C=O) groups is 1. The van der Waals surface area contributed by atoms with Crippen molar-refractivity contribution >= 4 is 34.8 Å². The highest BCUT2D eigenvalue weighted by molar-refractivity contribution is 6.35. The van der Waals surface area contributed by atoms with E-state index in [-0.39, 0.29) is 11.9 Å². The monoisotopic (exact) mass is 272 g/mol. The second-order valence-electron chi connectivity index (χ2n) is 4.31. The van der Waals surface area contributed by atoms with Crippen LogP contribution in [-0.4, -0.2) is 18.5 Å². The van der Waals surface area contributed by atoms with Crippen molar-refractivity contribution in [2.24, 2.45) is 5.73 Å². The van der Waals surface area contributed by atoms with Crippen LogP contribution in [0.1, 0.15) is 18.9 Å². The number of halogens is 2. The fourth-order valence-corrected chi connectivity index (χ4v) is 2.70. The first-order valence-corrected chi connectivity index (χ1v) is 6.26. The normalized spacial score (nSPS) is 19.8. The Hall–Kier alpha value is -0.770. The summed E-state index contributed by atoms with van der Waals surface area (Å²) in [6, 6.07) is 3.50. The Bertz CT molecular complexity index is 462. The van der Waals surface area contributed by atoms with Crippen LogP contribution in [-0.2, 0) is 11.2 Å². The fourth-order valence-electron chi connectivity index (χ4n) is 2.14. The maximum atomic E-state index is 11.6. The summed E-state index contributed by atoms with van der Waals surface area (Å²) in [6.45, 7) is 2.15. The summed E-state index contributed by atoms with van der Waals surface area (Å²) in [5, 5.41) is 1.12. The molecule has 1 aromatic carbocycles. The van der Waals surface area contributed by atoms with Gasteiger partial charge in [-0.2, -0.15) is 0 Å². The molecule has 1 atom stereocenters. The molecule has 1 heterocycles. The molecule has 1 aliphatic rings. The van der Waals surface area contributed by atoms with Crippen molar-refractivity contribution in [3.8, 4) is 0 Å². The molecule has 0 spiro atoms. The summed E-state index contributed by atoms with van der Waals surface area (Å²) in [6.07, 6.45) is 1.44. The van der Waals surface area contributed by atoms with Crippen molar-refractivity contribution < 1.29 is 4.79 Å². The molecule has 5 heteroatoms. The summed E-state index contributed by atoms with van der Waals surface area (Å²) in [5.41, 5.74) is 7.70. The Labute approximate surface area is 110 Å². The number of hydrogen-bond acceptors (Lipinski definition) is 2. The van der Waals surface area contributed by atoms with Crippen LogP contribution < -0.4 is 10.6 Å². The van der Waals surface area contributed by atoms with Crippen molar-refractivity contribution in [2.75, 3.05) is 11.4 Å². The molecule has 1 aromatic rings. The van der Waals surface area contributed by atoms with Gasteiger partial charge in [0.1, 0.15) is 0 Å². The lowest BCUT2D eigenvalue weighted by atomic mass is 10.0. The Morgan fingerprint density at radius 1 is 1.47 bits per heavy atom. The first kappa shape index (κ1) is 12.7. The Morgan fingerprint density at radius 2 is 2.18 bits per heavy atom.